The Morgan fingerprint density at radius 3 is 2.88 bits per heavy atom. The van der Waals surface area contributed by atoms with Crippen molar-refractivity contribution in [1.29, 1.82) is 0 Å². The standard InChI is InChI=1S/C12H19N3O2/c1-8-5-3-4-6-10(8)13-12(16)14-11-7-9(2)17-15-11/h7-8,10H,3-6H2,1-2H3,(H2,13,14,15,16)/t8-,10+/m1/s1. The molecule has 0 aliphatic heterocycles. The minimum atomic E-state index is -0.197. The number of aryl methyl sites for hydroxylation is 1. The van der Waals surface area contributed by atoms with Crippen LogP contribution in [0.2, 0.25) is 0 Å². The maximum atomic E-state index is 11.7. The first-order valence-corrected chi connectivity index (χ1v) is 6.16. The quantitative estimate of drug-likeness (QED) is 0.831. The Bertz CT molecular complexity index is 389. The number of hydrogen-bond donors (Lipinski definition) is 2. The molecule has 5 nitrogen and oxygen atoms in total. The number of nitrogens with zero attached hydrogens (tertiary/aromatic N) is 1. The molecule has 2 rings (SSSR count). The number of hydrogen-bond acceptors (Lipinski definition) is 3. The lowest BCUT2D eigenvalue weighted by molar-refractivity contribution is 0.232. The molecule has 2 atom stereocenters. The van der Waals surface area contributed by atoms with E-state index in [1.807, 2.05) is 0 Å². The van der Waals surface area contributed by atoms with Gasteiger partial charge in [0.15, 0.2) is 5.82 Å². The molecule has 1 fully saturated rings. The Hall–Kier alpha value is -1.52. The zero-order valence-electron chi connectivity index (χ0n) is 10.3. The average Bonchev–Trinajstić information content (AvgIpc) is 2.67. The van der Waals surface area contributed by atoms with Gasteiger partial charge in [0.25, 0.3) is 0 Å². The predicted molar refractivity (Wildman–Crippen MR) is 64.8 cm³/mol. The zero-order chi connectivity index (χ0) is 12.3. The third-order valence-electron chi connectivity index (χ3n) is 3.30. The Morgan fingerprint density at radius 1 is 1.47 bits per heavy atom. The number of nitrogens with one attached hydrogen (secondary N) is 2. The van der Waals surface area contributed by atoms with Gasteiger partial charge in [-0.15, -0.1) is 0 Å². The van der Waals surface area contributed by atoms with Crippen molar-refractivity contribution in [3.05, 3.63) is 11.8 Å². The second-order valence-electron chi connectivity index (χ2n) is 4.79. The van der Waals surface area contributed by atoms with Crippen molar-refractivity contribution in [3.63, 3.8) is 0 Å². The van der Waals surface area contributed by atoms with Crippen molar-refractivity contribution in [2.45, 2.75) is 45.6 Å². The third kappa shape index (κ3) is 3.22. The maximum Gasteiger partial charge on any atom is 0.320 e. The van der Waals surface area contributed by atoms with Crippen molar-refractivity contribution in [2.24, 2.45) is 5.92 Å². The van der Waals surface area contributed by atoms with E-state index in [9.17, 15) is 4.79 Å². The highest BCUT2D eigenvalue weighted by atomic mass is 16.5. The molecule has 0 radical (unpaired) electrons. The van der Waals surface area contributed by atoms with Crippen molar-refractivity contribution < 1.29 is 9.32 Å². The summed E-state index contributed by atoms with van der Waals surface area (Å²) in [6.45, 7) is 3.98. The number of amides is 2. The molecule has 1 aliphatic carbocycles. The van der Waals surface area contributed by atoms with Crippen LogP contribution in [0.5, 0.6) is 0 Å². The van der Waals surface area contributed by atoms with Crippen molar-refractivity contribution >= 4 is 11.8 Å². The van der Waals surface area contributed by atoms with Gasteiger partial charge in [0.05, 0.1) is 0 Å². The SMILES string of the molecule is Cc1cc(NC(=O)N[C@H]2CCCC[C@H]2C)no1. The maximum absolute atomic E-state index is 11.7. The Morgan fingerprint density at radius 2 is 2.24 bits per heavy atom. The smallest absolute Gasteiger partial charge is 0.320 e. The summed E-state index contributed by atoms with van der Waals surface area (Å²) in [5.74, 6) is 1.70. The van der Waals surface area contributed by atoms with Gasteiger partial charge in [0, 0.05) is 12.1 Å². The first-order chi connectivity index (χ1) is 8.15. The highest BCUT2D eigenvalue weighted by Crippen LogP contribution is 2.23. The summed E-state index contributed by atoms with van der Waals surface area (Å²) in [4.78, 5) is 11.7. The monoisotopic (exact) mass is 237 g/mol. The lowest BCUT2D eigenvalue weighted by atomic mass is 9.86. The third-order valence-corrected chi connectivity index (χ3v) is 3.30. The number of carbonyl (C=O) groups is 1. The summed E-state index contributed by atoms with van der Waals surface area (Å²) >= 11 is 0. The van der Waals surface area contributed by atoms with Crippen LogP contribution < -0.4 is 10.6 Å². The van der Waals surface area contributed by atoms with E-state index in [4.69, 9.17) is 4.52 Å². The lowest BCUT2D eigenvalue weighted by Crippen LogP contribution is -2.43. The van der Waals surface area contributed by atoms with E-state index in [0.717, 1.165) is 6.42 Å². The van der Waals surface area contributed by atoms with Gasteiger partial charge >= 0.3 is 6.03 Å². The zero-order valence-corrected chi connectivity index (χ0v) is 10.3. The van der Waals surface area contributed by atoms with Crippen LogP contribution in [0.25, 0.3) is 0 Å². The van der Waals surface area contributed by atoms with E-state index in [1.54, 1.807) is 13.0 Å². The molecule has 0 saturated heterocycles. The molecule has 2 N–H and O–H groups in total. The molecule has 1 aliphatic rings. The van der Waals surface area contributed by atoms with Crippen molar-refractivity contribution in [3.8, 4) is 0 Å². The molecule has 0 bridgehead atoms. The van der Waals surface area contributed by atoms with Crippen LogP contribution in [0, 0.1) is 12.8 Å². The van der Waals surface area contributed by atoms with E-state index >= 15 is 0 Å². The first kappa shape index (κ1) is 12.0. The van der Waals surface area contributed by atoms with E-state index < -0.39 is 0 Å². The minimum absolute atomic E-state index is 0.197. The van der Waals surface area contributed by atoms with Crippen LogP contribution in [-0.2, 0) is 0 Å². The van der Waals surface area contributed by atoms with Gasteiger partial charge in [0.2, 0.25) is 0 Å². The molecular weight excluding hydrogens is 218 g/mol. The average molecular weight is 237 g/mol. The van der Waals surface area contributed by atoms with Crippen molar-refractivity contribution in [1.82, 2.24) is 10.5 Å². The number of carbonyl (C=O) groups excluding carboxylic acids is 1. The molecule has 1 saturated carbocycles. The molecule has 0 spiro atoms. The summed E-state index contributed by atoms with van der Waals surface area (Å²) in [5, 5.41) is 9.39. The summed E-state index contributed by atoms with van der Waals surface area (Å²) in [6.07, 6.45) is 4.71. The summed E-state index contributed by atoms with van der Waals surface area (Å²) in [5.41, 5.74) is 0. The highest BCUT2D eigenvalue weighted by Gasteiger charge is 2.22. The normalized spacial score (nSPS) is 24.4. The van der Waals surface area contributed by atoms with Gasteiger partial charge in [-0.25, -0.2) is 4.79 Å². The molecule has 94 valence electrons. The topological polar surface area (TPSA) is 67.2 Å². The van der Waals surface area contributed by atoms with E-state index in [0.29, 0.717) is 17.5 Å². The summed E-state index contributed by atoms with van der Waals surface area (Å²) < 4.78 is 4.88. The molecule has 2 amide bonds. The van der Waals surface area contributed by atoms with E-state index in [-0.39, 0.29) is 12.1 Å². The van der Waals surface area contributed by atoms with Crippen LogP contribution in [0.4, 0.5) is 10.6 Å². The molecule has 17 heavy (non-hydrogen) atoms. The summed E-state index contributed by atoms with van der Waals surface area (Å²) in [7, 11) is 0. The van der Waals surface area contributed by atoms with Gasteiger partial charge in [-0.2, -0.15) is 0 Å². The first-order valence-electron chi connectivity index (χ1n) is 6.16. The molecule has 1 aromatic rings. The Labute approximate surface area is 101 Å². The van der Waals surface area contributed by atoms with Crippen LogP contribution in [0.15, 0.2) is 10.6 Å². The second-order valence-corrected chi connectivity index (χ2v) is 4.79. The lowest BCUT2D eigenvalue weighted by Gasteiger charge is -2.29. The molecule has 1 heterocycles. The van der Waals surface area contributed by atoms with E-state index in [1.165, 1.54) is 19.3 Å². The van der Waals surface area contributed by atoms with Gasteiger partial charge in [-0.3, -0.25) is 5.32 Å². The fraction of sp³-hybridized carbons (Fsp3) is 0.667. The number of urea groups is 1. The largest absolute Gasteiger partial charge is 0.360 e. The predicted octanol–water partition coefficient (Wildman–Crippen LogP) is 2.68. The second kappa shape index (κ2) is 5.21. The van der Waals surface area contributed by atoms with Crippen LogP contribution in [0.1, 0.15) is 38.4 Å². The molecule has 5 heteroatoms. The van der Waals surface area contributed by atoms with Crippen LogP contribution in [-0.4, -0.2) is 17.2 Å². The fourth-order valence-corrected chi connectivity index (χ4v) is 2.28. The molecule has 0 unspecified atom stereocenters. The number of anilines is 1. The van der Waals surface area contributed by atoms with Gasteiger partial charge in [-0.05, 0) is 25.7 Å². The van der Waals surface area contributed by atoms with Crippen molar-refractivity contribution in [2.75, 3.05) is 5.32 Å². The fourth-order valence-electron chi connectivity index (χ4n) is 2.28. The molecule has 1 aromatic heterocycles. The molecular formula is C12H19N3O2. The van der Waals surface area contributed by atoms with Crippen LogP contribution >= 0.6 is 0 Å². The minimum Gasteiger partial charge on any atom is -0.360 e. The van der Waals surface area contributed by atoms with Gasteiger partial charge < -0.3 is 9.84 Å². The van der Waals surface area contributed by atoms with Gasteiger partial charge in [-0.1, -0.05) is 24.9 Å². The number of rotatable bonds is 2. The van der Waals surface area contributed by atoms with Gasteiger partial charge in [0.1, 0.15) is 5.76 Å². The van der Waals surface area contributed by atoms with E-state index in [2.05, 4.69) is 22.7 Å². The number of aromatic nitrogens is 1. The Balaban J connectivity index is 1.84. The van der Waals surface area contributed by atoms with Crippen LogP contribution in [0.3, 0.4) is 0 Å². The molecule has 0 aromatic carbocycles. The Kier molecular flexibility index (Phi) is 3.66. The summed E-state index contributed by atoms with van der Waals surface area (Å²) in [6, 6.07) is 1.78. The highest BCUT2D eigenvalue weighted by molar-refractivity contribution is 5.88.